The van der Waals surface area contributed by atoms with Gasteiger partial charge in [0.05, 0.1) is 22.7 Å². The Morgan fingerprint density at radius 2 is 2.32 bits per heavy atom. The van der Waals surface area contributed by atoms with E-state index in [0.29, 0.717) is 23.2 Å². The molecule has 1 aromatic rings. The number of para-hydroxylation sites is 1. The van der Waals surface area contributed by atoms with E-state index in [9.17, 15) is 19.6 Å². The molecule has 2 heterocycles. The first kappa shape index (κ1) is 15.1. The number of amides is 3. The molecule has 4 N–H and O–H groups in total. The summed E-state index contributed by atoms with van der Waals surface area (Å²) in [6, 6.07) is 4.89. The van der Waals surface area contributed by atoms with Crippen molar-refractivity contribution >= 4 is 23.4 Å². The second kappa shape index (κ2) is 6.60. The van der Waals surface area contributed by atoms with Crippen LogP contribution in [0.4, 0.5) is 5.69 Å². The third-order valence-electron chi connectivity index (χ3n) is 6.08. The SMILES string of the molecule is [2H]C([2H])([2H])N[C@@H](CC1CC1)C(=O)N1C[C@]2(C[C@H]1C(N)=O)C(=O)Nc1c(C#N)cccc12. The number of rotatable bonds is 5. The number of anilines is 1. The van der Waals surface area contributed by atoms with Crippen molar-refractivity contribution in [3.05, 3.63) is 29.3 Å². The molecule has 1 saturated carbocycles. The molecule has 0 unspecified atom stereocenters. The zero-order valence-corrected chi connectivity index (χ0v) is 15.2. The lowest BCUT2D eigenvalue weighted by Gasteiger charge is -2.28. The molecule has 0 radical (unpaired) electrons. The molecule has 4 rings (SSSR count). The number of benzene rings is 1. The van der Waals surface area contributed by atoms with Gasteiger partial charge in [-0.15, -0.1) is 0 Å². The largest absolute Gasteiger partial charge is 0.368 e. The van der Waals surface area contributed by atoms with Crippen LogP contribution in [0.25, 0.3) is 0 Å². The zero-order chi connectivity index (χ0) is 22.6. The van der Waals surface area contributed by atoms with E-state index in [-0.39, 0.29) is 18.9 Å². The van der Waals surface area contributed by atoms with Crippen LogP contribution >= 0.6 is 0 Å². The lowest BCUT2D eigenvalue weighted by molar-refractivity contribution is -0.139. The van der Waals surface area contributed by atoms with E-state index in [1.54, 1.807) is 18.2 Å². The van der Waals surface area contributed by atoms with Crippen LogP contribution in [-0.4, -0.2) is 48.2 Å². The third kappa shape index (κ3) is 2.74. The van der Waals surface area contributed by atoms with Crippen molar-refractivity contribution in [3.8, 4) is 6.07 Å². The van der Waals surface area contributed by atoms with Crippen LogP contribution < -0.4 is 16.4 Å². The minimum atomic E-state index is -2.53. The zero-order valence-electron chi connectivity index (χ0n) is 18.2. The average Bonchev–Trinajstić information content (AvgIpc) is 3.34. The number of hydrogen-bond acceptors (Lipinski definition) is 5. The maximum atomic E-state index is 13.4. The lowest BCUT2D eigenvalue weighted by Crippen LogP contribution is -2.51. The number of nitrogens with zero attached hydrogens (tertiary/aromatic N) is 2. The predicted octanol–water partition coefficient (Wildman–Crippen LogP) is 0.222. The molecular weight excluding hydrogens is 358 g/mol. The fourth-order valence-corrected chi connectivity index (χ4v) is 4.39. The molecule has 1 aromatic carbocycles. The Hall–Kier alpha value is -2.92. The normalized spacial score (nSPS) is 28.7. The molecule has 3 atom stereocenters. The first-order chi connectivity index (χ1) is 14.6. The molecule has 146 valence electrons. The summed E-state index contributed by atoms with van der Waals surface area (Å²) >= 11 is 0. The van der Waals surface area contributed by atoms with E-state index in [1.165, 1.54) is 4.90 Å². The van der Waals surface area contributed by atoms with Crippen molar-refractivity contribution < 1.29 is 18.5 Å². The van der Waals surface area contributed by atoms with Gasteiger partial charge in [-0.1, -0.05) is 25.0 Å². The van der Waals surface area contributed by atoms with Crippen LogP contribution in [0, 0.1) is 17.2 Å². The molecule has 0 bridgehead atoms. The molecular formula is C20H23N5O3. The van der Waals surface area contributed by atoms with E-state index in [4.69, 9.17) is 9.85 Å². The molecule has 28 heavy (non-hydrogen) atoms. The minimum Gasteiger partial charge on any atom is -0.368 e. The lowest BCUT2D eigenvalue weighted by atomic mass is 9.79. The van der Waals surface area contributed by atoms with Crippen molar-refractivity contribution in [3.63, 3.8) is 0 Å². The van der Waals surface area contributed by atoms with Gasteiger partial charge in [-0.05, 0) is 37.4 Å². The van der Waals surface area contributed by atoms with Crippen LogP contribution in [0.3, 0.4) is 0 Å². The van der Waals surface area contributed by atoms with E-state index >= 15 is 0 Å². The number of likely N-dealkylation sites (tertiary alicyclic amines) is 1. The Labute approximate surface area is 167 Å². The number of primary amides is 1. The summed E-state index contributed by atoms with van der Waals surface area (Å²) in [6.07, 6.45) is 2.16. The monoisotopic (exact) mass is 384 g/mol. The van der Waals surface area contributed by atoms with E-state index in [0.717, 1.165) is 12.8 Å². The Morgan fingerprint density at radius 3 is 2.96 bits per heavy atom. The van der Waals surface area contributed by atoms with Gasteiger partial charge in [0, 0.05) is 10.7 Å². The van der Waals surface area contributed by atoms with Gasteiger partial charge in [0.25, 0.3) is 0 Å². The molecule has 0 aromatic heterocycles. The summed E-state index contributed by atoms with van der Waals surface area (Å²) in [7, 11) is 0. The van der Waals surface area contributed by atoms with Crippen LogP contribution in [0.15, 0.2) is 18.2 Å². The molecule has 8 heteroatoms. The minimum absolute atomic E-state index is 0.0221. The van der Waals surface area contributed by atoms with Gasteiger partial charge < -0.3 is 21.3 Å². The highest BCUT2D eigenvalue weighted by atomic mass is 16.2. The van der Waals surface area contributed by atoms with E-state index < -0.39 is 42.2 Å². The Morgan fingerprint density at radius 1 is 1.54 bits per heavy atom. The van der Waals surface area contributed by atoms with Crippen LogP contribution in [0.1, 0.15) is 40.9 Å². The van der Waals surface area contributed by atoms with E-state index in [1.807, 2.05) is 6.07 Å². The summed E-state index contributed by atoms with van der Waals surface area (Å²) in [5.74, 6) is -1.47. The molecule has 2 fully saturated rings. The maximum absolute atomic E-state index is 13.4. The first-order valence-corrected chi connectivity index (χ1v) is 9.28. The predicted molar refractivity (Wildman–Crippen MR) is 101 cm³/mol. The number of carbonyl (C=O) groups excluding carboxylic acids is 3. The highest BCUT2D eigenvalue weighted by molar-refractivity contribution is 6.09. The molecule has 1 aliphatic carbocycles. The number of nitriles is 1. The number of fused-ring (bicyclic) bond motifs is 2. The summed E-state index contributed by atoms with van der Waals surface area (Å²) < 4.78 is 22.6. The van der Waals surface area contributed by atoms with Gasteiger partial charge in [-0.2, -0.15) is 5.26 Å². The molecule has 2 aliphatic heterocycles. The van der Waals surface area contributed by atoms with Crippen molar-refractivity contribution in [2.24, 2.45) is 11.7 Å². The molecule has 3 aliphatic rings. The summed E-state index contributed by atoms with van der Waals surface area (Å²) in [5.41, 5.74) is 5.58. The summed E-state index contributed by atoms with van der Waals surface area (Å²) in [5, 5.41) is 14.5. The van der Waals surface area contributed by atoms with E-state index in [2.05, 4.69) is 10.6 Å². The molecule has 3 amide bonds. The highest BCUT2D eigenvalue weighted by Crippen LogP contribution is 2.47. The van der Waals surface area contributed by atoms with Crippen molar-refractivity contribution in [2.75, 3.05) is 18.8 Å². The standard InChI is InChI=1S/C20H23N5O3/c1-23-14(7-11-5-6-11)18(27)25-10-20(8-15(25)17(22)26)13-4-2-3-12(9-21)16(13)24-19(20)28/h2-4,11,14-15,23H,5-8,10H2,1H3,(H2,22,26)(H,24,28)/t14-,15-,20-/m0/s1/i1D3. The fraction of sp³-hybridized carbons (Fsp3) is 0.500. The Balaban J connectivity index is 1.69. The van der Waals surface area contributed by atoms with Gasteiger partial charge in [0.2, 0.25) is 17.7 Å². The van der Waals surface area contributed by atoms with Crippen molar-refractivity contribution in [1.82, 2.24) is 10.2 Å². The van der Waals surface area contributed by atoms with Gasteiger partial charge in [0.1, 0.15) is 12.1 Å². The van der Waals surface area contributed by atoms with Crippen LogP contribution in [0.5, 0.6) is 0 Å². The topological polar surface area (TPSA) is 128 Å². The quantitative estimate of drug-likeness (QED) is 0.669. The Kier molecular flexibility index (Phi) is 3.55. The molecule has 1 spiro atoms. The number of hydrogen-bond donors (Lipinski definition) is 3. The van der Waals surface area contributed by atoms with Crippen molar-refractivity contribution in [2.45, 2.75) is 43.2 Å². The van der Waals surface area contributed by atoms with Crippen LogP contribution in [-0.2, 0) is 19.8 Å². The number of likely N-dealkylation sites (N-methyl/N-ethyl adjacent to an activating group) is 1. The number of nitrogens with two attached hydrogens (primary N) is 1. The van der Waals surface area contributed by atoms with Crippen molar-refractivity contribution in [1.29, 1.82) is 5.26 Å². The van der Waals surface area contributed by atoms with Gasteiger partial charge >= 0.3 is 0 Å². The number of carbonyl (C=O) groups is 3. The van der Waals surface area contributed by atoms with Gasteiger partial charge in [0.15, 0.2) is 0 Å². The first-order valence-electron chi connectivity index (χ1n) is 10.8. The fourth-order valence-electron chi connectivity index (χ4n) is 4.39. The van der Waals surface area contributed by atoms with Gasteiger partial charge in [-0.25, -0.2) is 0 Å². The Bertz CT molecular complexity index is 1000. The number of nitrogens with one attached hydrogen (secondary N) is 2. The highest BCUT2D eigenvalue weighted by Gasteiger charge is 2.58. The maximum Gasteiger partial charge on any atom is 0.240 e. The average molecular weight is 384 g/mol. The molecule has 8 nitrogen and oxygen atoms in total. The second-order valence-corrected chi connectivity index (χ2v) is 7.84. The van der Waals surface area contributed by atoms with Crippen LogP contribution in [0.2, 0.25) is 0 Å². The third-order valence-corrected chi connectivity index (χ3v) is 6.08. The second-order valence-electron chi connectivity index (χ2n) is 7.84. The van der Waals surface area contributed by atoms with Gasteiger partial charge in [-0.3, -0.25) is 14.4 Å². The summed E-state index contributed by atoms with van der Waals surface area (Å²) in [4.78, 5) is 39.9. The summed E-state index contributed by atoms with van der Waals surface area (Å²) in [6.45, 7) is -2.65. The molecule has 1 saturated heterocycles. The smallest absolute Gasteiger partial charge is 0.240 e.